The van der Waals surface area contributed by atoms with Gasteiger partial charge in [0.1, 0.15) is 11.3 Å². The first-order valence-electron chi connectivity index (χ1n) is 15.6. The normalized spacial score (nSPS) is 15.0. The van der Waals surface area contributed by atoms with Crippen LogP contribution >= 0.6 is 15.9 Å². The first-order chi connectivity index (χ1) is 23.7. The molecule has 0 radical (unpaired) electrons. The van der Waals surface area contributed by atoms with Gasteiger partial charge >= 0.3 is 6.18 Å². The predicted octanol–water partition coefficient (Wildman–Crippen LogP) is 7.74. The first kappa shape index (κ1) is 33.4. The number of alkyl halides is 5. The zero-order valence-corrected chi connectivity index (χ0v) is 28.2. The summed E-state index contributed by atoms with van der Waals surface area (Å²) in [6, 6.07) is 20.4. The maximum Gasteiger partial charge on any atom is 0.417 e. The molecule has 0 aliphatic carbocycles. The number of hydrogen-bond donors (Lipinski definition) is 0. The maximum absolute atomic E-state index is 14.5. The smallest absolute Gasteiger partial charge is 0.330 e. The van der Waals surface area contributed by atoms with Gasteiger partial charge in [-0.2, -0.15) is 32.1 Å². The lowest BCUT2D eigenvalue weighted by molar-refractivity contribution is -0.138. The Hall–Kier alpha value is -5.11. The summed E-state index contributed by atoms with van der Waals surface area (Å²) in [6.07, 6.45) is -1.00. The van der Waals surface area contributed by atoms with Crippen LogP contribution in [-0.2, 0) is 31.5 Å². The monoisotopic (exact) mass is 750 g/mol. The molecule has 3 aromatic carbocycles. The average molecular weight is 752 g/mol. The molecule has 0 fully saturated rings. The summed E-state index contributed by atoms with van der Waals surface area (Å²) < 4.78 is 73.0. The van der Waals surface area contributed by atoms with Crippen molar-refractivity contribution in [3.8, 4) is 11.4 Å². The molecule has 1 aliphatic heterocycles. The third kappa shape index (κ3) is 6.01. The molecule has 1 unspecified atom stereocenters. The molecular weight excluding hydrogens is 723 g/mol. The molecule has 256 valence electrons. The predicted molar refractivity (Wildman–Crippen MR) is 179 cm³/mol. The van der Waals surface area contributed by atoms with Crippen molar-refractivity contribution in [2.45, 2.75) is 51.4 Å². The van der Waals surface area contributed by atoms with E-state index in [2.05, 4.69) is 26.1 Å². The minimum absolute atomic E-state index is 0.0611. The summed E-state index contributed by atoms with van der Waals surface area (Å²) in [7, 11) is 0. The second-order valence-electron chi connectivity index (χ2n) is 12.4. The molecule has 0 N–H and O–H groups in total. The highest BCUT2D eigenvalue weighted by Crippen LogP contribution is 2.36. The van der Waals surface area contributed by atoms with Crippen molar-refractivity contribution < 1.29 is 26.7 Å². The van der Waals surface area contributed by atoms with Gasteiger partial charge in [-0.25, -0.2) is 9.20 Å². The van der Waals surface area contributed by atoms with E-state index in [0.29, 0.717) is 34.7 Å². The van der Waals surface area contributed by atoms with E-state index in [4.69, 9.17) is 0 Å². The number of aromatic nitrogens is 5. The lowest BCUT2D eigenvalue weighted by atomic mass is 9.97. The fourth-order valence-electron chi connectivity index (χ4n) is 6.33. The third-order valence-electron chi connectivity index (χ3n) is 8.87. The zero-order valence-electron chi connectivity index (χ0n) is 26.6. The fraction of sp³-hybridized carbons (Fsp3) is 0.222. The minimum Gasteiger partial charge on any atom is -0.330 e. The Morgan fingerprint density at radius 3 is 2.32 bits per heavy atom. The van der Waals surface area contributed by atoms with E-state index in [1.54, 1.807) is 46.5 Å². The van der Waals surface area contributed by atoms with Gasteiger partial charge < -0.3 is 4.90 Å². The van der Waals surface area contributed by atoms with Gasteiger partial charge in [0.25, 0.3) is 17.4 Å². The number of rotatable bonds is 6. The molecule has 3 aromatic heterocycles. The van der Waals surface area contributed by atoms with Gasteiger partial charge in [-0.15, -0.1) is 0 Å². The number of nitrogens with zero attached hydrogens (tertiary/aromatic N) is 6. The van der Waals surface area contributed by atoms with E-state index < -0.39 is 29.6 Å². The molecule has 1 atom stereocenters. The molecule has 7 rings (SSSR count). The van der Waals surface area contributed by atoms with Crippen molar-refractivity contribution in [1.82, 2.24) is 28.9 Å². The van der Waals surface area contributed by atoms with Crippen LogP contribution in [0.4, 0.5) is 22.0 Å². The highest BCUT2D eigenvalue weighted by molar-refractivity contribution is 9.10. The largest absolute Gasteiger partial charge is 0.417 e. The lowest BCUT2D eigenvalue weighted by Gasteiger charge is -2.35. The number of carbonyl (C=O) groups is 1. The van der Waals surface area contributed by atoms with Crippen LogP contribution in [0.25, 0.3) is 17.0 Å². The highest BCUT2D eigenvalue weighted by Gasteiger charge is 2.36. The fourth-order valence-corrected chi connectivity index (χ4v) is 6.81. The number of amides is 1. The Bertz CT molecular complexity index is 2310. The Labute approximate surface area is 290 Å². The van der Waals surface area contributed by atoms with E-state index in [1.165, 1.54) is 34.0 Å². The van der Waals surface area contributed by atoms with Crippen molar-refractivity contribution in [3.05, 3.63) is 145 Å². The molecule has 0 saturated heterocycles. The van der Waals surface area contributed by atoms with E-state index in [-0.39, 0.29) is 34.3 Å². The summed E-state index contributed by atoms with van der Waals surface area (Å²) in [5.74, 6) is -3.71. The Morgan fingerprint density at radius 1 is 0.960 bits per heavy atom. The summed E-state index contributed by atoms with van der Waals surface area (Å²) >= 11 is 2.93. The molecule has 1 amide bonds. The van der Waals surface area contributed by atoms with Crippen LogP contribution in [0, 0.1) is 0 Å². The number of carbonyl (C=O) groups excluding carboxylic acids is 1. The summed E-state index contributed by atoms with van der Waals surface area (Å²) in [6.45, 7) is 2.46. The second-order valence-corrected chi connectivity index (χ2v) is 13.2. The van der Waals surface area contributed by atoms with Gasteiger partial charge in [0, 0.05) is 46.7 Å². The topological polar surface area (TPSA) is 77.4 Å². The Morgan fingerprint density at radius 2 is 1.66 bits per heavy atom. The zero-order chi connectivity index (χ0) is 35.5. The van der Waals surface area contributed by atoms with Crippen molar-refractivity contribution in [1.29, 1.82) is 0 Å². The van der Waals surface area contributed by atoms with Crippen LogP contribution in [-0.4, -0.2) is 40.8 Å². The van der Waals surface area contributed by atoms with Crippen LogP contribution in [0.3, 0.4) is 0 Å². The number of fused-ring (bicyclic) bond motifs is 3. The molecule has 50 heavy (non-hydrogen) atoms. The first-order valence-corrected chi connectivity index (χ1v) is 16.4. The van der Waals surface area contributed by atoms with Crippen LogP contribution in [0.2, 0.25) is 0 Å². The van der Waals surface area contributed by atoms with Crippen molar-refractivity contribution in [2.75, 3.05) is 0 Å². The van der Waals surface area contributed by atoms with Crippen LogP contribution in [0.15, 0.2) is 101 Å². The van der Waals surface area contributed by atoms with Gasteiger partial charge in [0.15, 0.2) is 0 Å². The van der Waals surface area contributed by atoms with Crippen LogP contribution in [0.1, 0.15) is 57.8 Å². The van der Waals surface area contributed by atoms with Gasteiger partial charge in [-0.3, -0.25) is 14.2 Å². The maximum atomic E-state index is 14.5. The average Bonchev–Trinajstić information content (AvgIpc) is 3.74. The van der Waals surface area contributed by atoms with Crippen LogP contribution in [0.5, 0.6) is 0 Å². The van der Waals surface area contributed by atoms with Gasteiger partial charge in [0.05, 0.1) is 35.4 Å². The number of hydrogen-bond acceptors (Lipinski definition) is 4. The molecule has 0 spiro atoms. The van der Waals surface area contributed by atoms with Gasteiger partial charge in [-0.05, 0) is 67.4 Å². The summed E-state index contributed by atoms with van der Waals surface area (Å²) in [4.78, 5) is 29.7. The van der Waals surface area contributed by atoms with E-state index in [0.717, 1.165) is 24.1 Å². The van der Waals surface area contributed by atoms with Crippen molar-refractivity contribution in [2.24, 2.45) is 0 Å². The number of benzene rings is 3. The molecule has 4 heterocycles. The molecule has 1 aliphatic rings. The number of halogens is 6. The van der Waals surface area contributed by atoms with Crippen molar-refractivity contribution in [3.63, 3.8) is 0 Å². The summed E-state index contributed by atoms with van der Waals surface area (Å²) in [5, 5.41) is 8.67. The van der Waals surface area contributed by atoms with Gasteiger partial charge in [0.2, 0.25) is 0 Å². The van der Waals surface area contributed by atoms with Crippen LogP contribution < -0.4 is 5.56 Å². The molecule has 8 nitrogen and oxygen atoms in total. The van der Waals surface area contributed by atoms with Gasteiger partial charge in [-0.1, -0.05) is 46.3 Å². The van der Waals surface area contributed by atoms with E-state index >= 15 is 0 Å². The molecule has 14 heteroatoms. The standard InChI is InChI=1S/C36H28BrF5N6O2/c1-21-16-27-30(20-45(21)33(49)23-8-13-29(37)28(18-23)36(40,41)42)48-32(24(19-43-48)17-22-6-4-3-5-7-22)47(34(27)50)26-11-9-25(10-12-26)46-15-14-31(44-46)35(2,38)39/h3-15,18-19,21H,16-17,20H2,1-2H3. The second kappa shape index (κ2) is 12.3. The molecular formula is C36H28BrF5N6O2. The Balaban J connectivity index is 1.33. The summed E-state index contributed by atoms with van der Waals surface area (Å²) in [5.41, 5.74) is 2.25. The minimum atomic E-state index is -4.67. The SMILES string of the molecule is CC1Cc2c(n3ncc(Cc4ccccc4)c3n(-c3ccc(-n4ccc(C(C)(F)F)n4)cc3)c2=O)CN1C(=O)c1ccc(Br)c(C(F)(F)F)c1. The molecule has 6 aromatic rings. The highest BCUT2D eigenvalue weighted by atomic mass is 79.9. The van der Waals surface area contributed by atoms with E-state index in [1.807, 2.05) is 30.3 Å². The molecule has 0 saturated carbocycles. The Kier molecular flexibility index (Phi) is 8.24. The quantitative estimate of drug-likeness (QED) is 0.163. The van der Waals surface area contributed by atoms with Crippen molar-refractivity contribution >= 4 is 27.5 Å². The molecule has 0 bridgehead atoms. The van der Waals surface area contributed by atoms with E-state index in [9.17, 15) is 31.5 Å². The lowest BCUT2D eigenvalue weighted by Crippen LogP contribution is -2.46. The third-order valence-corrected chi connectivity index (χ3v) is 9.57.